The fourth-order valence-electron chi connectivity index (χ4n) is 4.78. The highest BCUT2D eigenvalue weighted by Crippen LogP contribution is 2.59. The maximum atomic E-state index is 11.4. The van der Waals surface area contributed by atoms with Gasteiger partial charge < -0.3 is 9.84 Å². The third-order valence-electron chi connectivity index (χ3n) is 6.47. The Morgan fingerprint density at radius 2 is 2.16 bits per heavy atom. The van der Waals surface area contributed by atoms with Crippen molar-refractivity contribution in [2.45, 2.75) is 91.3 Å². The normalized spacial score (nSPS) is 33.7. The smallest absolute Gasteiger partial charge is 0.303 e. The summed E-state index contributed by atoms with van der Waals surface area (Å²) in [5, 5.41) is 10.3. The van der Waals surface area contributed by atoms with Gasteiger partial charge in [-0.1, -0.05) is 30.7 Å². The SMILES string of the molecule is C=C1CC/C=C(\C)CC[C@@H]2[C@@H]1C[C@@]2(C)CC[C@@H](OC(C)=O)C(C)(C)O. The number of ether oxygens (including phenoxy) is 1. The summed E-state index contributed by atoms with van der Waals surface area (Å²) in [5.41, 5.74) is 2.15. The number of esters is 1. The molecule has 1 N–H and O–H groups in total. The molecule has 0 unspecified atom stereocenters. The summed E-state index contributed by atoms with van der Waals surface area (Å²) in [6.07, 6.45) is 9.41. The molecule has 2 aliphatic carbocycles. The Hall–Kier alpha value is -1.09. The standard InChI is InChI=1S/C22H36O3/c1-15-8-7-9-16(2)18-14-22(6,19(18)11-10-15)13-12-20(21(4,5)24)25-17(3)23/h8,18-20,24H,2,7,9-14H2,1,3-6H3/b15-8+/t18-,19-,20-,22-/m1/s1. The van der Waals surface area contributed by atoms with Gasteiger partial charge in [0, 0.05) is 6.92 Å². The molecule has 1 fully saturated rings. The molecule has 142 valence electrons. The first-order chi connectivity index (χ1) is 11.5. The van der Waals surface area contributed by atoms with E-state index in [1.165, 1.54) is 37.3 Å². The minimum absolute atomic E-state index is 0.252. The summed E-state index contributed by atoms with van der Waals surface area (Å²) in [5.74, 6) is 0.972. The van der Waals surface area contributed by atoms with E-state index in [-0.39, 0.29) is 11.4 Å². The molecule has 0 aliphatic heterocycles. The van der Waals surface area contributed by atoms with E-state index in [2.05, 4.69) is 26.5 Å². The van der Waals surface area contributed by atoms with Gasteiger partial charge in [-0.25, -0.2) is 0 Å². The van der Waals surface area contributed by atoms with Gasteiger partial charge in [0.1, 0.15) is 6.10 Å². The van der Waals surface area contributed by atoms with E-state index >= 15 is 0 Å². The van der Waals surface area contributed by atoms with Gasteiger partial charge in [-0.05, 0) is 83.0 Å². The van der Waals surface area contributed by atoms with E-state index in [1.807, 2.05) is 0 Å². The maximum absolute atomic E-state index is 11.4. The van der Waals surface area contributed by atoms with Crippen molar-refractivity contribution in [1.82, 2.24) is 0 Å². The van der Waals surface area contributed by atoms with Crippen LogP contribution in [0, 0.1) is 17.3 Å². The van der Waals surface area contributed by atoms with Gasteiger partial charge in [0.15, 0.2) is 0 Å². The van der Waals surface area contributed by atoms with Crippen molar-refractivity contribution >= 4 is 5.97 Å². The Morgan fingerprint density at radius 1 is 1.48 bits per heavy atom. The number of carbonyl (C=O) groups is 1. The number of hydrogen-bond acceptors (Lipinski definition) is 3. The Bertz CT molecular complexity index is 540. The summed E-state index contributed by atoms with van der Waals surface area (Å²) in [6, 6.07) is 0. The van der Waals surface area contributed by atoms with Crippen LogP contribution in [0.25, 0.3) is 0 Å². The average Bonchev–Trinajstić information content (AvgIpc) is 2.52. The van der Waals surface area contributed by atoms with Crippen molar-refractivity contribution in [3.05, 3.63) is 23.8 Å². The average molecular weight is 349 g/mol. The molecular weight excluding hydrogens is 312 g/mol. The van der Waals surface area contributed by atoms with Crippen LogP contribution in [0.3, 0.4) is 0 Å². The van der Waals surface area contributed by atoms with Crippen LogP contribution in [-0.4, -0.2) is 22.8 Å². The van der Waals surface area contributed by atoms with Crippen LogP contribution in [0.5, 0.6) is 0 Å². The number of carbonyl (C=O) groups excluding carboxylic acids is 1. The lowest BCUT2D eigenvalue weighted by atomic mass is 9.49. The van der Waals surface area contributed by atoms with Crippen LogP contribution in [0.2, 0.25) is 0 Å². The van der Waals surface area contributed by atoms with Gasteiger partial charge in [0.2, 0.25) is 0 Å². The highest BCUT2D eigenvalue weighted by Gasteiger charge is 2.50. The van der Waals surface area contributed by atoms with Crippen LogP contribution in [0.1, 0.15) is 79.6 Å². The van der Waals surface area contributed by atoms with Crippen LogP contribution < -0.4 is 0 Å². The first-order valence-electron chi connectivity index (χ1n) is 9.76. The van der Waals surface area contributed by atoms with Crippen LogP contribution >= 0.6 is 0 Å². The summed E-state index contributed by atoms with van der Waals surface area (Å²) < 4.78 is 5.40. The molecule has 0 amide bonds. The third-order valence-corrected chi connectivity index (χ3v) is 6.47. The molecule has 0 radical (unpaired) electrons. The highest BCUT2D eigenvalue weighted by atomic mass is 16.6. The second kappa shape index (κ2) is 7.65. The molecule has 3 heteroatoms. The number of hydrogen-bond donors (Lipinski definition) is 1. The van der Waals surface area contributed by atoms with Crippen LogP contribution in [0.4, 0.5) is 0 Å². The molecule has 0 spiro atoms. The van der Waals surface area contributed by atoms with Gasteiger partial charge in [-0.2, -0.15) is 0 Å². The first-order valence-corrected chi connectivity index (χ1v) is 9.76. The van der Waals surface area contributed by atoms with E-state index < -0.39 is 11.7 Å². The van der Waals surface area contributed by atoms with E-state index in [0.29, 0.717) is 18.3 Å². The summed E-state index contributed by atoms with van der Waals surface area (Å²) in [6.45, 7) is 13.8. The molecule has 0 saturated heterocycles. The molecule has 0 heterocycles. The summed E-state index contributed by atoms with van der Waals surface area (Å²) in [7, 11) is 0. The van der Waals surface area contributed by atoms with Gasteiger partial charge in [-0.3, -0.25) is 4.79 Å². The first kappa shape index (κ1) is 20.2. The van der Waals surface area contributed by atoms with E-state index in [4.69, 9.17) is 4.74 Å². The van der Waals surface area contributed by atoms with Gasteiger partial charge in [0.25, 0.3) is 0 Å². The van der Waals surface area contributed by atoms with Crippen molar-refractivity contribution in [3.8, 4) is 0 Å². The molecule has 2 rings (SSSR count). The van der Waals surface area contributed by atoms with Gasteiger partial charge in [0.05, 0.1) is 5.60 Å². The molecule has 25 heavy (non-hydrogen) atoms. The predicted molar refractivity (Wildman–Crippen MR) is 102 cm³/mol. The Kier molecular flexibility index (Phi) is 6.19. The number of rotatable bonds is 5. The molecule has 1 saturated carbocycles. The number of fused-ring (bicyclic) bond motifs is 1. The minimum atomic E-state index is -1.01. The van der Waals surface area contributed by atoms with Crippen molar-refractivity contribution in [3.63, 3.8) is 0 Å². The molecule has 2 aliphatic rings. The third kappa shape index (κ3) is 4.97. The van der Waals surface area contributed by atoms with Crippen molar-refractivity contribution in [2.75, 3.05) is 0 Å². The molecule has 0 bridgehead atoms. The minimum Gasteiger partial charge on any atom is -0.460 e. The lowest BCUT2D eigenvalue weighted by Gasteiger charge is -2.55. The molecule has 4 atom stereocenters. The Labute approximate surface area is 153 Å². The maximum Gasteiger partial charge on any atom is 0.303 e. The van der Waals surface area contributed by atoms with E-state index in [1.54, 1.807) is 13.8 Å². The van der Waals surface area contributed by atoms with Gasteiger partial charge in [-0.15, -0.1) is 0 Å². The van der Waals surface area contributed by atoms with Crippen molar-refractivity contribution < 1.29 is 14.6 Å². The fraction of sp³-hybridized carbons (Fsp3) is 0.773. The zero-order valence-corrected chi connectivity index (χ0v) is 16.7. The second-order valence-electron chi connectivity index (χ2n) is 9.15. The topological polar surface area (TPSA) is 46.5 Å². The highest BCUT2D eigenvalue weighted by molar-refractivity contribution is 5.66. The van der Waals surface area contributed by atoms with E-state index in [0.717, 1.165) is 19.3 Å². The Morgan fingerprint density at radius 3 is 2.76 bits per heavy atom. The molecule has 0 aromatic heterocycles. The monoisotopic (exact) mass is 348 g/mol. The zero-order valence-electron chi connectivity index (χ0n) is 16.7. The summed E-state index contributed by atoms with van der Waals surface area (Å²) in [4.78, 5) is 11.4. The predicted octanol–water partition coefficient (Wildman–Crippen LogP) is 5.19. The number of aliphatic hydroxyl groups is 1. The summed E-state index contributed by atoms with van der Waals surface area (Å²) >= 11 is 0. The van der Waals surface area contributed by atoms with Gasteiger partial charge >= 0.3 is 5.97 Å². The van der Waals surface area contributed by atoms with E-state index in [9.17, 15) is 9.90 Å². The Balaban J connectivity index is 2.04. The molecular formula is C22H36O3. The number of allylic oxidation sites excluding steroid dienone is 3. The second-order valence-corrected chi connectivity index (χ2v) is 9.15. The fourth-order valence-corrected chi connectivity index (χ4v) is 4.78. The molecule has 0 aromatic carbocycles. The van der Waals surface area contributed by atoms with Crippen molar-refractivity contribution in [2.24, 2.45) is 17.3 Å². The molecule has 3 nitrogen and oxygen atoms in total. The lowest BCUT2D eigenvalue weighted by Crippen LogP contribution is -2.48. The zero-order chi connectivity index (χ0) is 18.8. The lowest BCUT2D eigenvalue weighted by molar-refractivity contribution is -0.162. The van der Waals surface area contributed by atoms with Crippen LogP contribution in [-0.2, 0) is 9.53 Å². The molecule has 0 aromatic rings. The quantitative estimate of drug-likeness (QED) is 0.549. The van der Waals surface area contributed by atoms with Crippen molar-refractivity contribution in [1.29, 1.82) is 0 Å². The van der Waals surface area contributed by atoms with Crippen LogP contribution in [0.15, 0.2) is 23.8 Å². The largest absolute Gasteiger partial charge is 0.460 e.